The zero-order chi connectivity index (χ0) is 16.1. The monoisotopic (exact) mass is 311 g/mol. The minimum Gasteiger partial charge on any atom is -0.396 e. The van der Waals surface area contributed by atoms with Gasteiger partial charge in [0.05, 0.1) is 11.3 Å². The predicted octanol–water partition coefficient (Wildman–Crippen LogP) is 2.42. The van der Waals surface area contributed by atoms with Crippen LogP contribution in [0.2, 0.25) is 0 Å². The maximum Gasteiger partial charge on any atom is 0.253 e. The summed E-state index contributed by atoms with van der Waals surface area (Å²) in [7, 11) is 0. The highest BCUT2D eigenvalue weighted by molar-refractivity contribution is 5.99. The fraction of sp³-hybridized carbons (Fsp3) is 0.389. The van der Waals surface area contributed by atoms with E-state index in [1.165, 1.54) is 0 Å². The molecular formula is C18H21N3O2. The van der Waals surface area contributed by atoms with Crippen LogP contribution in [-0.4, -0.2) is 33.6 Å². The lowest BCUT2D eigenvalue weighted by atomic mass is 9.85. The molecule has 1 aliphatic rings. The van der Waals surface area contributed by atoms with E-state index < -0.39 is 0 Å². The number of rotatable bonds is 4. The van der Waals surface area contributed by atoms with Gasteiger partial charge in [-0.25, -0.2) is 0 Å². The first-order chi connectivity index (χ1) is 11.3. The third kappa shape index (κ3) is 3.56. The molecule has 0 unspecified atom stereocenters. The maximum absolute atomic E-state index is 12.7. The maximum atomic E-state index is 12.7. The van der Waals surface area contributed by atoms with Crippen LogP contribution in [0.15, 0.2) is 42.7 Å². The molecule has 2 aromatic rings. The van der Waals surface area contributed by atoms with Crippen molar-refractivity contribution in [1.82, 2.24) is 15.3 Å². The summed E-state index contributed by atoms with van der Waals surface area (Å²) in [6.07, 6.45) is 7.43. The Morgan fingerprint density at radius 2 is 1.96 bits per heavy atom. The van der Waals surface area contributed by atoms with Gasteiger partial charge < -0.3 is 10.4 Å². The average molecular weight is 311 g/mol. The predicted molar refractivity (Wildman–Crippen MR) is 87.8 cm³/mol. The summed E-state index contributed by atoms with van der Waals surface area (Å²) in [6.45, 7) is 0.116. The lowest BCUT2D eigenvalue weighted by Crippen LogP contribution is -2.43. The summed E-state index contributed by atoms with van der Waals surface area (Å²) in [5, 5.41) is 12.6. The van der Waals surface area contributed by atoms with Gasteiger partial charge in [-0.15, -0.1) is 0 Å². The van der Waals surface area contributed by atoms with Crippen molar-refractivity contribution in [3.05, 3.63) is 48.3 Å². The molecule has 0 radical (unpaired) electrons. The van der Waals surface area contributed by atoms with Crippen molar-refractivity contribution in [2.45, 2.75) is 31.7 Å². The second kappa shape index (κ2) is 7.33. The van der Waals surface area contributed by atoms with Gasteiger partial charge in [0.15, 0.2) is 0 Å². The van der Waals surface area contributed by atoms with E-state index in [1.54, 1.807) is 24.5 Å². The molecule has 5 heteroatoms. The summed E-state index contributed by atoms with van der Waals surface area (Å²) in [6, 6.07) is 9.10. The van der Waals surface area contributed by atoms with E-state index in [2.05, 4.69) is 15.3 Å². The molecule has 0 bridgehead atoms. The molecule has 1 saturated carbocycles. The lowest BCUT2D eigenvalue weighted by Gasteiger charge is -2.31. The van der Waals surface area contributed by atoms with Gasteiger partial charge in [0.1, 0.15) is 5.69 Å². The first kappa shape index (κ1) is 15.6. The van der Waals surface area contributed by atoms with Crippen LogP contribution in [0.3, 0.4) is 0 Å². The van der Waals surface area contributed by atoms with Crippen molar-refractivity contribution >= 4 is 5.91 Å². The highest BCUT2D eigenvalue weighted by Gasteiger charge is 2.27. The number of hydrogen-bond acceptors (Lipinski definition) is 4. The standard InChI is InChI=1S/C18H21N3O2/c22-12-13-6-1-2-8-15(13)21-18(23)14-7-5-11-20-17(14)16-9-3-4-10-19-16/h3-5,7,9-11,13,15,22H,1-2,6,8,12H2,(H,21,23)/t13-,15-/m1/s1. The van der Waals surface area contributed by atoms with E-state index >= 15 is 0 Å². The van der Waals surface area contributed by atoms with Gasteiger partial charge in [-0.1, -0.05) is 18.9 Å². The minimum atomic E-state index is -0.149. The number of aliphatic hydroxyl groups excluding tert-OH is 1. The highest BCUT2D eigenvalue weighted by Crippen LogP contribution is 2.25. The van der Waals surface area contributed by atoms with E-state index in [4.69, 9.17) is 0 Å². The average Bonchev–Trinajstić information content (AvgIpc) is 2.63. The second-order valence-corrected chi connectivity index (χ2v) is 5.92. The van der Waals surface area contributed by atoms with Crippen LogP contribution in [0.5, 0.6) is 0 Å². The Labute approximate surface area is 135 Å². The van der Waals surface area contributed by atoms with E-state index in [9.17, 15) is 9.90 Å². The Kier molecular flexibility index (Phi) is 4.98. The molecule has 2 aromatic heterocycles. The number of carbonyl (C=O) groups excluding carboxylic acids is 1. The molecule has 3 rings (SSSR count). The van der Waals surface area contributed by atoms with Crippen LogP contribution in [0.25, 0.3) is 11.4 Å². The van der Waals surface area contributed by atoms with E-state index in [1.807, 2.05) is 18.2 Å². The van der Waals surface area contributed by atoms with E-state index in [0.29, 0.717) is 17.0 Å². The normalized spacial score (nSPS) is 20.9. The van der Waals surface area contributed by atoms with Crippen molar-refractivity contribution < 1.29 is 9.90 Å². The molecule has 1 fully saturated rings. The zero-order valence-corrected chi connectivity index (χ0v) is 13.0. The van der Waals surface area contributed by atoms with Crippen LogP contribution in [0.4, 0.5) is 0 Å². The smallest absolute Gasteiger partial charge is 0.253 e. The Morgan fingerprint density at radius 3 is 2.74 bits per heavy atom. The molecule has 120 valence electrons. The van der Waals surface area contributed by atoms with Crippen molar-refractivity contribution in [3.8, 4) is 11.4 Å². The Hall–Kier alpha value is -2.27. The number of aliphatic hydroxyl groups is 1. The fourth-order valence-corrected chi connectivity index (χ4v) is 3.16. The number of carbonyl (C=O) groups is 1. The molecule has 0 spiro atoms. The van der Waals surface area contributed by atoms with Crippen molar-refractivity contribution in [3.63, 3.8) is 0 Å². The molecule has 2 atom stereocenters. The van der Waals surface area contributed by atoms with Crippen LogP contribution >= 0.6 is 0 Å². The molecule has 2 N–H and O–H groups in total. The van der Waals surface area contributed by atoms with Crippen molar-refractivity contribution in [2.75, 3.05) is 6.61 Å². The van der Waals surface area contributed by atoms with Crippen LogP contribution < -0.4 is 5.32 Å². The quantitative estimate of drug-likeness (QED) is 0.909. The molecule has 0 aromatic carbocycles. The summed E-state index contributed by atoms with van der Waals surface area (Å²) in [5.41, 5.74) is 1.79. The number of hydrogen-bond donors (Lipinski definition) is 2. The van der Waals surface area contributed by atoms with E-state index in [-0.39, 0.29) is 24.5 Å². The minimum absolute atomic E-state index is 0.0260. The van der Waals surface area contributed by atoms with E-state index in [0.717, 1.165) is 25.7 Å². The zero-order valence-electron chi connectivity index (χ0n) is 13.0. The Morgan fingerprint density at radius 1 is 1.13 bits per heavy atom. The molecule has 0 saturated heterocycles. The summed E-state index contributed by atoms with van der Waals surface area (Å²) >= 11 is 0. The van der Waals surface area contributed by atoms with Crippen molar-refractivity contribution in [1.29, 1.82) is 0 Å². The van der Waals surface area contributed by atoms with Crippen LogP contribution in [0, 0.1) is 5.92 Å². The van der Waals surface area contributed by atoms with Gasteiger partial charge in [-0.05, 0) is 37.1 Å². The third-order valence-corrected chi connectivity index (χ3v) is 4.42. The Bertz CT molecular complexity index is 660. The first-order valence-corrected chi connectivity index (χ1v) is 8.07. The van der Waals surface area contributed by atoms with Gasteiger partial charge in [-0.2, -0.15) is 0 Å². The lowest BCUT2D eigenvalue weighted by molar-refractivity contribution is 0.0873. The Balaban J connectivity index is 1.83. The van der Waals surface area contributed by atoms with Crippen LogP contribution in [-0.2, 0) is 0 Å². The molecule has 23 heavy (non-hydrogen) atoms. The van der Waals surface area contributed by atoms with Gasteiger partial charge >= 0.3 is 0 Å². The topological polar surface area (TPSA) is 75.1 Å². The number of nitrogens with zero attached hydrogens (tertiary/aromatic N) is 2. The second-order valence-electron chi connectivity index (χ2n) is 5.92. The molecule has 1 aliphatic carbocycles. The molecule has 0 aliphatic heterocycles. The van der Waals surface area contributed by atoms with Gasteiger partial charge in [0, 0.05) is 31.0 Å². The third-order valence-electron chi connectivity index (χ3n) is 4.42. The largest absolute Gasteiger partial charge is 0.396 e. The number of aromatic nitrogens is 2. The number of nitrogens with one attached hydrogen (secondary N) is 1. The molecule has 2 heterocycles. The van der Waals surface area contributed by atoms with Gasteiger partial charge in [0.2, 0.25) is 0 Å². The van der Waals surface area contributed by atoms with Gasteiger partial charge in [-0.3, -0.25) is 14.8 Å². The highest BCUT2D eigenvalue weighted by atomic mass is 16.3. The first-order valence-electron chi connectivity index (χ1n) is 8.07. The number of pyridine rings is 2. The molecule has 1 amide bonds. The van der Waals surface area contributed by atoms with Crippen LogP contribution in [0.1, 0.15) is 36.0 Å². The van der Waals surface area contributed by atoms with Crippen molar-refractivity contribution in [2.24, 2.45) is 5.92 Å². The SMILES string of the molecule is O=C(N[C@@H]1CCCC[C@@H]1CO)c1cccnc1-c1ccccn1. The van der Waals surface area contributed by atoms with Gasteiger partial charge in [0.25, 0.3) is 5.91 Å². The summed E-state index contributed by atoms with van der Waals surface area (Å²) in [5.74, 6) is -0.00762. The molecule has 5 nitrogen and oxygen atoms in total. The summed E-state index contributed by atoms with van der Waals surface area (Å²) < 4.78 is 0. The number of amides is 1. The summed E-state index contributed by atoms with van der Waals surface area (Å²) in [4.78, 5) is 21.3. The fourth-order valence-electron chi connectivity index (χ4n) is 3.16. The molecular weight excluding hydrogens is 290 g/mol.